The minimum Gasteiger partial charge on any atom is -0.455 e. The lowest BCUT2D eigenvalue weighted by molar-refractivity contribution is -0.154. The van der Waals surface area contributed by atoms with Crippen molar-refractivity contribution >= 4 is 11.9 Å². The molecule has 2 aliphatic carbocycles. The van der Waals surface area contributed by atoms with E-state index in [0.29, 0.717) is 6.04 Å². The summed E-state index contributed by atoms with van der Waals surface area (Å²) in [4.78, 5) is 24.2. The Labute approximate surface area is 124 Å². The monoisotopic (exact) mass is 287 g/mol. The molecule has 0 aromatic heterocycles. The number of hydrogen-bond acceptors (Lipinski definition) is 3. The highest BCUT2D eigenvalue weighted by Gasteiger charge is 2.44. The van der Waals surface area contributed by atoms with Gasteiger partial charge in [-0.15, -0.1) is 0 Å². The van der Waals surface area contributed by atoms with Gasteiger partial charge in [-0.1, -0.05) is 43.2 Å². The number of benzene rings is 1. The molecule has 0 radical (unpaired) electrons. The Morgan fingerprint density at radius 2 is 1.81 bits per heavy atom. The number of amides is 1. The quantitative estimate of drug-likeness (QED) is 0.846. The van der Waals surface area contributed by atoms with E-state index in [-0.39, 0.29) is 18.5 Å². The Balaban J connectivity index is 1.66. The van der Waals surface area contributed by atoms with E-state index in [9.17, 15) is 9.59 Å². The Hall–Kier alpha value is -1.84. The molecule has 0 spiro atoms. The third-order valence-electron chi connectivity index (χ3n) is 4.45. The lowest BCUT2D eigenvalue weighted by Gasteiger charge is -2.27. The molecule has 0 atom stereocenters. The molecule has 1 aromatic carbocycles. The van der Waals surface area contributed by atoms with Gasteiger partial charge in [-0.3, -0.25) is 9.59 Å². The Kier molecular flexibility index (Phi) is 3.95. The number of carbonyl (C=O) groups excluding carboxylic acids is 2. The molecular weight excluding hydrogens is 266 g/mol. The first-order chi connectivity index (χ1) is 10.2. The summed E-state index contributed by atoms with van der Waals surface area (Å²) in [6.07, 6.45) is 5.73. The first kappa shape index (κ1) is 14.1. The van der Waals surface area contributed by atoms with Gasteiger partial charge in [0.05, 0.1) is 5.41 Å². The number of esters is 1. The second-order valence-electron chi connectivity index (χ2n) is 6.07. The van der Waals surface area contributed by atoms with Gasteiger partial charge in [0.25, 0.3) is 5.91 Å². The highest BCUT2D eigenvalue weighted by atomic mass is 16.5. The zero-order valence-electron chi connectivity index (χ0n) is 12.1. The lowest BCUT2D eigenvalue weighted by atomic mass is 9.79. The molecule has 21 heavy (non-hydrogen) atoms. The van der Waals surface area contributed by atoms with Gasteiger partial charge in [-0.05, 0) is 31.2 Å². The van der Waals surface area contributed by atoms with E-state index in [1.54, 1.807) is 0 Å². The predicted molar refractivity (Wildman–Crippen MR) is 78.7 cm³/mol. The summed E-state index contributed by atoms with van der Waals surface area (Å²) in [6.45, 7) is -0.163. The standard InChI is InChI=1S/C17H21NO3/c19-15(18-14-8-9-14)12-21-16(20)17(10-4-5-11-17)13-6-2-1-3-7-13/h1-3,6-7,14H,4-5,8-12H2,(H,18,19). The summed E-state index contributed by atoms with van der Waals surface area (Å²) in [6, 6.07) is 10.1. The van der Waals surface area contributed by atoms with Gasteiger partial charge in [0.2, 0.25) is 0 Å². The van der Waals surface area contributed by atoms with Crippen LogP contribution in [0, 0.1) is 0 Å². The fourth-order valence-corrected chi connectivity index (χ4v) is 3.11. The molecule has 1 amide bonds. The zero-order valence-corrected chi connectivity index (χ0v) is 12.1. The van der Waals surface area contributed by atoms with Gasteiger partial charge in [0.15, 0.2) is 6.61 Å². The zero-order chi connectivity index (χ0) is 14.7. The van der Waals surface area contributed by atoms with Crippen molar-refractivity contribution in [2.24, 2.45) is 0 Å². The predicted octanol–water partition coefficient (Wildman–Crippen LogP) is 2.32. The fraction of sp³-hybridized carbons (Fsp3) is 0.529. The molecule has 4 nitrogen and oxygen atoms in total. The smallest absolute Gasteiger partial charge is 0.317 e. The maximum absolute atomic E-state index is 12.6. The van der Waals surface area contributed by atoms with Crippen LogP contribution in [0.1, 0.15) is 44.1 Å². The van der Waals surface area contributed by atoms with Gasteiger partial charge >= 0.3 is 5.97 Å². The molecule has 1 N–H and O–H groups in total. The second kappa shape index (κ2) is 5.88. The van der Waals surface area contributed by atoms with Crippen LogP contribution < -0.4 is 5.32 Å². The van der Waals surface area contributed by atoms with Gasteiger partial charge in [-0.2, -0.15) is 0 Å². The molecule has 0 bridgehead atoms. The van der Waals surface area contributed by atoms with Crippen molar-refractivity contribution in [1.82, 2.24) is 5.32 Å². The van der Waals surface area contributed by atoms with Crippen molar-refractivity contribution in [3.63, 3.8) is 0 Å². The van der Waals surface area contributed by atoms with E-state index >= 15 is 0 Å². The summed E-state index contributed by atoms with van der Waals surface area (Å²) in [5.74, 6) is -0.441. The summed E-state index contributed by atoms with van der Waals surface area (Å²) in [7, 11) is 0. The van der Waals surface area contributed by atoms with Crippen molar-refractivity contribution in [1.29, 1.82) is 0 Å². The molecule has 0 aliphatic heterocycles. The average molecular weight is 287 g/mol. The van der Waals surface area contributed by atoms with Crippen LogP contribution in [0.4, 0.5) is 0 Å². The van der Waals surface area contributed by atoms with Gasteiger partial charge in [0.1, 0.15) is 0 Å². The van der Waals surface area contributed by atoms with Crippen molar-refractivity contribution < 1.29 is 14.3 Å². The molecule has 2 fully saturated rings. The highest BCUT2D eigenvalue weighted by Crippen LogP contribution is 2.42. The molecule has 0 heterocycles. The Bertz CT molecular complexity index is 516. The third-order valence-corrected chi connectivity index (χ3v) is 4.45. The average Bonchev–Trinajstić information content (AvgIpc) is 3.18. The molecule has 0 saturated heterocycles. The van der Waals surface area contributed by atoms with E-state index < -0.39 is 5.41 Å². The SMILES string of the molecule is O=C(COC(=O)C1(c2ccccc2)CCCC1)NC1CC1. The van der Waals surface area contributed by atoms with Crippen molar-refractivity contribution in [3.05, 3.63) is 35.9 Å². The minimum absolute atomic E-state index is 0.163. The molecule has 1 aromatic rings. The lowest BCUT2D eigenvalue weighted by Crippen LogP contribution is -2.38. The number of nitrogens with one attached hydrogen (secondary N) is 1. The Morgan fingerprint density at radius 3 is 2.43 bits per heavy atom. The van der Waals surface area contributed by atoms with E-state index in [1.165, 1.54) is 0 Å². The molecule has 0 unspecified atom stereocenters. The topological polar surface area (TPSA) is 55.4 Å². The maximum Gasteiger partial charge on any atom is 0.317 e. The minimum atomic E-state index is -0.554. The number of rotatable bonds is 5. The van der Waals surface area contributed by atoms with Crippen LogP contribution in [-0.4, -0.2) is 24.5 Å². The van der Waals surface area contributed by atoms with Crippen LogP contribution in [0.15, 0.2) is 30.3 Å². The van der Waals surface area contributed by atoms with Crippen molar-refractivity contribution in [2.75, 3.05) is 6.61 Å². The van der Waals surface area contributed by atoms with E-state index in [1.807, 2.05) is 30.3 Å². The van der Waals surface area contributed by atoms with Crippen LogP contribution in [0.2, 0.25) is 0 Å². The van der Waals surface area contributed by atoms with Gasteiger partial charge < -0.3 is 10.1 Å². The van der Waals surface area contributed by atoms with Crippen LogP contribution in [-0.2, 0) is 19.7 Å². The summed E-state index contributed by atoms with van der Waals surface area (Å²) in [5, 5.41) is 2.84. The molecule has 2 saturated carbocycles. The molecule has 4 heteroatoms. The normalized spacial score (nSPS) is 20.0. The van der Waals surface area contributed by atoms with Crippen LogP contribution in [0.25, 0.3) is 0 Å². The molecule has 2 aliphatic rings. The second-order valence-corrected chi connectivity index (χ2v) is 6.07. The first-order valence-electron chi connectivity index (χ1n) is 7.73. The molecule has 112 valence electrons. The first-order valence-corrected chi connectivity index (χ1v) is 7.73. The largest absolute Gasteiger partial charge is 0.455 e. The van der Waals surface area contributed by atoms with Crippen LogP contribution >= 0.6 is 0 Å². The number of ether oxygens (including phenoxy) is 1. The number of carbonyl (C=O) groups is 2. The van der Waals surface area contributed by atoms with Gasteiger partial charge in [-0.25, -0.2) is 0 Å². The van der Waals surface area contributed by atoms with Crippen LogP contribution in [0.5, 0.6) is 0 Å². The fourth-order valence-electron chi connectivity index (χ4n) is 3.11. The van der Waals surface area contributed by atoms with Gasteiger partial charge in [0, 0.05) is 6.04 Å². The highest BCUT2D eigenvalue weighted by molar-refractivity contribution is 5.86. The molecule has 3 rings (SSSR count). The van der Waals surface area contributed by atoms with Crippen molar-refractivity contribution in [3.8, 4) is 0 Å². The Morgan fingerprint density at radius 1 is 1.14 bits per heavy atom. The summed E-state index contributed by atoms with van der Waals surface area (Å²) < 4.78 is 5.32. The third kappa shape index (κ3) is 3.09. The van der Waals surface area contributed by atoms with E-state index in [2.05, 4.69) is 5.32 Å². The number of hydrogen-bond donors (Lipinski definition) is 1. The van der Waals surface area contributed by atoms with Crippen molar-refractivity contribution in [2.45, 2.75) is 50.0 Å². The molecular formula is C17H21NO3. The van der Waals surface area contributed by atoms with E-state index in [0.717, 1.165) is 44.1 Å². The van der Waals surface area contributed by atoms with E-state index in [4.69, 9.17) is 4.74 Å². The summed E-state index contributed by atoms with van der Waals surface area (Å²) >= 11 is 0. The van der Waals surface area contributed by atoms with Crippen LogP contribution in [0.3, 0.4) is 0 Å². The maximum atomic E-state index is 12.6. The summed E-state index contributed by atoms with van der Waals surface area (Å²) in [5.41, 5.74) is 0.455.